The molecule has 2 aromatic rings. The molecule has 0 aliphatic heterocycles. The number of aldehydes is 1. The number of halogens is 2. The van der Waals surface area contributed by atoms with Gasteiger partial charge in [0.1, 0.15) is 23.1 Å². The molecule has 0 saturated heterocycles. The van der Waals surface area contributed by atoms with Crippen molar-refractivity contribution < 1.29 is 23.8 Å². The van der Waals surface area contributed by atoms with E-state index in [1.807, 2.05) is 0 Å². The van der Waals surface area contributed by atoms with Crippen LogP contribution in [0.2, 0.25) is 0 Å². The Morgan fingerprint density at radius 1 is 0.889 bits per heavy atom. The van der Waals surface area contributed by atoms with Gasteiger partial charge in [0, 0.05) is 0 Å². The molecule has 0 unspecified atom stereocenters. The molecule has 2 aromatic carbocycles. The topological polar surface area (TPSA) is 57.5 Å². The van der Waals surface area contributed by atoms with Gasteiger partial charge in [-0.3, -0.25) is 4.79 Å². The molecular formula is C13H10F2O3. The Hall–Kier alpha value is -2.43. The van der Waals surface area contributed by atoms with E-state index in [1.54, 1.807) is 0 Å². The highest BCUT2D eigenvalue weighted by atomic mass is 19.1. The zero-order valence-corrected chi connectivity index (χ0v) is 9.18. The van der Waals surface area contributed by atoms with Crippen LogP contribution in [0.5, 0.6) is 11.5 Å². The molecule has 18 heavy (non-hydrogen) atoms. The van der Waals surface area contributed by atoms with Crippen molar-refractivity contribution in [1.82, 2.24) is 0 Å². The zero-order chi connectivity index (χ0) is 13.5. The highest BCUT2D eigenvalue weighted by Gasteiger charge is 1.99. The van der Waals surface area contributed by atoms with E-state index in [0.29, 0.717) is 6.29 Å². The fourth-order valence-corrected chi connectivity index (χ4v) is 1.06. The Bertz CT molecular complexity index is 503. The first-order valence-corrected chi connectivity index (χ1v) is 4.91. The van der Waals surface area contributed by atoms with Gasteiger partial charge in [0.25, 0.3) is 0 Å². The van der Waals surface area contributed by atoms with Crippen LogP contribution in [0.4, 0.5) is 8.78 Å². The van der Waals surface area contributed by atoms with Crippen LogP contribution >= 0.6 is 0 Å². The highest BCUT2D eigenvalue weighted by molar-refractivity contribution is 5.78. The van der Waals surface area contributed by atoms with E-state index in [4.69, 9.17) is 10.2 Å². The van der Waals surface area contributed by atoms with Crippen molar-refractivity contribution >= 4 is 6.29 Å². The third kappa shape index (κ3) is 4.21. The molecule has 5 heteroatoms. The van der Waals surface area contributed by atoms with Gasteiger partial charge in [-0.2, -0.15) is 0 Å². The molecule has 2 N–H and O–H groups in total. The fraction of sp³-hybridized carbons (Fsp3) is 0. The third-order valence-corrected chi connectivity index (χ3v) is 1.94. The van der Waals surface area contributed by atoms with E-state index < -0.39 is 5.82 Å². The second-order valence-electron chi connectivity index (χ2n) is 3.30. The molecule has 0 atom stereocenters. The van der Waals surface area contributed by atoms with E-state index in [2.05, 4.69) is 0 Å². The van der Waals surface area contributed by atoms with Crippen LogP contribution in [-0.2, 0) is 0 Å². The molecule has 0 amide bonds. The van der Waals surface area contributed by atoms with Crippen LogP contribution < -0.4 is 0 Å². The average molecular weight is 252 g/mol. The van der Waals surface area contributed by atoms with Crippen molar-refractivity contribution in [2.45, 2.75) is 0 Å². The first-order chi connectivity index (χ1) is 8.52. The number of hydrogen-bond donors (Lipinski definition) is 2. The van der Waals surface area contributed by atoms with Crippen LogP contribution in [0, 0.1) is 11.6 Å². The van der Waals surface area contributed by atoms with Gasteiger partial charge < -0.3 is 10.2 Å². The summed E-state index contributed by atoms with van der Waals surface area (Å²) < 4.78 is 24.2. The first kappa shape index (κ1) is 13.6. The zero-order valence-electron chi connectivity index (χ0n) is 9.18. The predicted octanol–water partition coefficient (Wildman–Crippen LogP) is 2.88. The summed E-state index contributed by atoms with van der Waals surface area (Å²) in [7, 11) is 0. The van der Waals surface area contributed by atoms with E-state index in [-0.39, 0.29) is 22.9 Å². The van der Waals surface area contributed by atoms with Gasteiger partial charge in [0.05, 0.1) is 5.56 Å². The number of rotatable bonds is 1. The Balaban J connectivity index is 0.000000184. The lowest BCUT2D eigenvalue weighted by atomic mass is 10.2. The molecule has 3 nitrogen and oxygen atoms in total. The SMILES string of the molecule is O=Cc1cc(F)ccc1O.Oc1ccc(F)cc1. The molecule has 0 bridgehead atoms. The Morgan fingerprint density at radius 2 is 1.44 bits per heavy atom. The Labute approximate surface area is 102 Å². The maximum atomic E-state index is 12.3. The molecule has 0 heterocycles. The summed E-state index contributed by atoms with van der Waals surface area (Å²) in [5, 5.41) is 17.4. The minimum atomic E-state index is -0.528. The summed E-state index contributed by atoms with van der Waals surface area (Å²) in [5.74, 6) is -0.967. The molecule has 2 rings (SSSR count). The lowest BCUT2D eigenvalue weighted by Gasteiger charge is -1.93. The first-order valence-electron chi connectivity index (χ1n) is 4.91. The Kier molecular flexibility index (Phi) is 4.80. The van der Waals surface area contributed by atoms with Crippen molar-refractivity contribution in [3.8, 4) is 11.5 Å². The molecule has 0 saturated carbocycles. The van der Waals surface area contributed by atoms with E-state index >= 15 is 0 Å². The smallest absolute Gasteiger partial charge is 0.153 e. The second kappa shape index (κ2) is 6.34. The minimum Gasteiger partial charge on any atom is -0.508 e. The summed E-state index contributed by atoms with van der Waals surface area (Å²) in [6.45, 7) is 0. The molecule has 0 aliphatic rings. The monoisotopic (exact) mass is 252 g/mol. The predicted molar refractivity (Wildman–Crippen MR) is 61.5 cm³/mol. The molecule has 0 aromatic heterocycles. The maximum Gasteiger partial charge on any atom is 0.153 e. The number of hydrogen-bond acceptors (Lipinski definition) is 3. The van der Waals surface area contributed by atoms with Crippen LogP contribution in [0.3, 0.4) is 0 Å². The molecule has 0 radical (unpaired) electrons. The van der Waals surface area contributed by atoms with Crippen molar-refractivity contribution in [2.75, 3.05) is 0 Å². The largest absolute Gasteiger partial charge is 0.508 e. The average Bonchev–Trinajstić information content (AvgIpc) is 2.37. The van der Waals surface area contributed by atoms with Gasteiger partial charge in [-0.05, 0) is 42.5 Å². The summed E-state index contributed by atoms with van der Waals surface area (Å²) in [6, 6.07) is 8.21. The Morgan fingerprint density at radius 3 is 1.89 bits per heavy atom. The number of benzene rings is 2. The minimum absolute atomic E-state index is 0.0278. The van der Waals surface area contributed by atoms with Crippen molar-refractivity contribution in [2.24, 2.45) is 0 Å². The fourth-order valence-electron chi connectivity index (χ4n) is 1.06. The summed E-state index contributed by atoms with van der Waals surface area (Å²) in [5.41, 5.74) is -0.0278. The quantitative estimate of drug-likeness (QED) is 0.767. The molecule has 0 aliphatic carbocycles. The van der Waals surface area contributed by atoms with Gasteiger partial charge in [0.2, 0.25) is 0 Å². The molecular weight excluding hydrogens is 242 g/mol. The van der Waals surface area contributed by atoms with Gasteiger partial charge in [0.15, 0.2) is 6.29 Å². The van der Waals surface area contributed by atoms with Crippen molar-refractivity contribution in [1.29, 1.82) is 0 Å². The maximum absolute atomic E-state index is 12.3. The van der Waals surface area contributed by atoms with Gasteiger partial charge in [-0.1, -0.05) is 0 Å². The normalized spacial score (nSPS) is 9.22. The van der Waals surface area contributed by atoms with Crippen molar-refractivity contribution in [3.05, 3.63) is 59.7 Å². The third-order valence-electron chi connectivity index (χ3n) is 1.94. The second-order valence-corrected chi connectivity index (χ2v) is 3.30. The number of phenolic OH excluding ortho intramolecular Hbond substituents is 2. The molecule has 0 spiro atoms. The van der Waals surface area contributed by atoms with E-state index in [0.717, 1.165) is 18.2 Å². The van der Waals surface area contributed by atoms with Gasteiger partial charge in [-0.15, -0.1) is 0 Å². The molecule has 0 fully saturated rings. The number of aromatic hydroxyl groups is 2. The standard InChI is InChI=1S/C7H5FO2.C6H5FO/c8-6-1-2-7(10)5(3-6)4-9;7-5-1-3-6(8)4-2-5/h1-4,10H;1-4,8H. The number of carbonyl (C=O) groups is 1. The van der Waals surface area contributed by atoms with Crippen LogP contribution in [0.15, 0.2) is 42.5 Å². The van der Waals surface area contributed by atoms with Crippen LogP contribution in [0.1, 0.15) is 10.4 Å². The number of phenols is 2. The van der Waals surface area contributed by atoms with Gasteiger partial charge in [-0.25, -0.2) is 8.78 Å². The summed E-state index contributed by atoms with van der Waals surface area (Å²) >= 11 is 0. The summed E-state index contributed by atoms with van der Waals surface area (Å²) in [6.07, 6.45) is 0.401. The lowest BCUT2D eigenvalue weighted by molar-refractivity contribution is 0.112. The molecule has 94 valence electrons. The highest BCUT2D eigenvalue weighted by Crippen LogP contribution is 2.14. The lowest BCUT2D eigenvalue weighted by Crippen LogP contribution is -1.82. The van der Waals surface area contributed by atoms with Gasteiger partial charge >= 0.3 is 0 Å². The van der Waals surface area contributed by atoms with Crippen LogP contribution in [-0.4, -0.2) is 16.5 Å². The van der Waals surface area contributed by atoms with Crippen LogP contribution in [0.25, 0.3) is 0 Å². The summed E-state index contributed by atoms with van der Waals surface area (Å²) in [4.78, 5) is 10.1. The van der Waals surface area contributed by atoms with E-state index in [9.17, 15) is 13.6 Å². The van der Waals surface area contributed by atoms with Crippen molar-refractivity contribution in [3.63, 3.8) is 0 Å². The number of carbonyl (C=O) groups excluding carboxylic acids is 1. The van der Waals surface area contributed by atoms with E-state index in [1.165, 1.54) is 24.3 Å².